The van der Waals surface area contributed by atoms with Gasteiger partial charge in [0.15, 0.2) is 0 Å². The molecule has 22 heavy (non-hydrogen) atoms. The summed E-state index contributed by atoms with van der Waals surface area (Å²) in [6.07, 6.45) is 0.408. The minimum atomic E-state index is 0.0233. The van der Waals surface area contributed by atoms with Gasteiger partial charge in [0.1, 0.15) is 12.4 Å². The average molecular weight is 297 g/mol. The standard InChI is InChI=1S/C19H23NO2/c1-14-5-4-6-17(11-14)13-19(21)20-9-10-22-18-12-15(2)7-8-16(18)3/h4-8,11-12H,9-10,13H2,1-3H3,(H,20,21). The van der Waals surface area contributed by atoms with E-state index in [-0.39, 0.29) is 5.91 Å². The molecule has 2 aromatic rings. The number of amides is 1. The SMILES string of the molecule is Cc1cccc(CC(=O)NCCOc2cc(C)ccc2C)c1. The molecule has 2 rings (SSSR count). The minimum Gasteiger partial charge on any atom is -0.491 e. The van der Waals surface area contributed by atoms with Crippen molar-refractivity contribution in [3.63, 3.8) is 0 Å². The van der Waals surface area contributed by atoms with Crippen LogP contribution in [0.3, 0.4) is 0 Å². The second-order valence-corrected chi connectivity index (χ2v) is 5.63. The Bertz CT molecular complexity index is 650. The van der Waals surface area contributed by atoms with E-state index in [1.807, 2.05) is 57.2 Å². The van der Waals surface area contributed by atoms with Gasteiger partial charge >= 0.3 is 0 Å². The summed E-state index contributed by atoms with van der Waals surface area (Å²) in [4.78, 5) is 11.9. The number of ether oxygens (including phenoxy) is 1. The van der Waals surface area contributed by atoms with Crippen LogP contribution in [0.15, 0.2) is 42.5 Å². The second kappa shape index (κ2) is 7.64. The zero-order valence-corrected chi connectivity index (χ0v) is 13.5. The molecule has 0 aliphatic carbocycles. The van der Waals surface area contributed by atoms with Crippen LogP contribution in [0.1, 0.15) is 22.3 Å². The van der Waals surface area contributed by atoms with E-state index in [1.54, 1.807) is 0 Å². The van der Waals surface area contributed by atoms with Crippen molar-refractivity contribution in [1.82, 2.24) is 5.32 Å². The molecular formula is C19H23NO2. The van der Waals surface area contributed by atoms with Crippen LogP contribution in [-0.2, 0) is 11.2 Å². The van der Waals surface area contributed by atoms with Crippen LogP contribution in [-0.4, -0.2) is 19.1 Å². The maximum absolute atomic E-state index is 11.9. The number of carbonyl (C=O) groups excluding carboxylic acids is 1. The highest BCUT2D eigenvalue weighted by Crippen LogP contribution is 2.18. The van der Waals surface area contributed by atoms with Crippen molar-refractivity contribution in [1.29, 1.82) is 0 Å². The van der Waals surface area contributed by atoms with Gasteiger partial charge in [0.25, 0.3) is 0 Å². The summed E-state index contributed by atoms with van der Waals surface area (Å²) in [6, 6.07) is 14.1. The third-order valence-electron chi connectivity index (χ3n) is 3.47. The predicted molar refractivity (Wildman–Crippen MR) is 89.3 cm³/mol. The van der Waals surface area contributed by atoms with Gasteiger partial charge in [-0.05, 0) is 43.5 Å². The Kier molecular flexibility index (Phi) is 5.59. The smallest absolute Gasteiger partial charge is 0.224 e. The van der Waals surface area contributed by atoms with E-state index in [9.17, 15) is 4.79 Å². The second-order valence-electron chi connectivity index (χ2n) is 5.63. The normalized spacial score (nSPS) is 10.3. The largest absolute Gasteiger partial charge is 0.491 e. The lowest BCUT2D eigenvalue weighted by Crippen LogP contribution is -2.29. The number of nitrogens with one attached hydrogen (secondary N) is 1. The Morgan fingerprint density at radius 1 is 1.05 bits per heavy atom. The van der Waals surface area contributed by atoms with Gasteiger partial charge in [-0.15, -0.1) is 0 Å². The molecule has 0 heterocycles. The molecule has 0 saturated carbocycles. The molecule has 0 bridgehead atoms. The average Bonchev–Trinajstić information content (AvgIpc) is 2.47. The fourth-order valence-electron chi connectivity index (χ4n) is 2.28. The molecule has 2 aromatic carbocycles. The van der Waals surface area contributed by atoms with E-state index in [2.05, 4.69) is 11.4 Å². The van der Waals surface area contributed by atoms with Crippen molar-refractivity contribution in [2.45, 2.75) is 27.2 Å². The van der Waals surface area contributed by atoms with Crippen LogP contribution in [0.25, 0.3) is 0 Å². The van der Waals surface area contributed by atoms with Crippen LogP contribution in [0, 0.1) is 20.8 Å². The lowest BCUT2D eigenvalue weighted by Gasteiger charge is -2.11. The van der Waals surface area contributed by atoms with Crippen molar-refractivity contribution in [3.05, 3.63) is 64.7 Å². The van der Waals surface area contributed by atoms with Crippen LogP contribution in [0.2, 0.25) is 0 Å². The maximum Gasteiger partial charge on any atom is 0.224 e. The zero-order chi connectivity index (χ0) is 15.9. The van der Waals surface area contributed by atoms with Crippen molar-refractivity contribution in [2.24, 2.45) is 0 Å². The summed E-state index contributed by atoms with van der Waals surface area (Å²) in [7, 11) is 0. The number of rotatable bonds is 6. The number of hydrogen-bond donors (Lipinski definition) is 1. The lowest BCUT2D eigenvalue weighted by atomic mass is 10.1. The number of carbonyl (C=O) groups is 1. The number of aryl methyl sites for hydroxylation is 3. The lowest BCUT2D eigenvalue weighted by molar-refractivity contribution is -0.120. The van der Waals surface area contributed by atoms with Crippen molar-refractivity contribution in [3.8, 4) is 5.75 Å². The summed E-state index contributed by atoms with van der Waals surface area (Å²) in [6.45, 7) is 7.07. The summed E-state index contributed by atoms with van der Waals surface area (Å²) in [5.74, 6) is 0.906. The molecule has 1 N–H and O–H groups in total. The topological polar surface area (TPSA) is 38.3 Å². The highest BCUT2D eigenvalue weighted by atomic mass is 16.5. The van der Waals surface area contributed by atoms with Crippen LogP contribution >= 0.6 is 0 Å². The van der Waals surface area contributed by atoms with E-state index >= 15 is 0 Å². The molecule has 0 unspecified atom stereocenters. The first kappa shape index (κ1) is 16.1. The fraction of sp³-hybridized carbons (Fsp3) is 0.316. The molecule has 0 spiro atoms. The molecule has 3 nitrogen and oxygen atoms in total. The van der Waals surface area contributed by atoms with Gasteiger partial charge in [0.2, 0.25) is 5.91 Å². The third kappa shape index (κ3) is 4.92. The molecule has 0 fully saturated rings. The van der Waals surface area contributed by atoms with Gasteiger partial charge in [-0.25, -0.2) is 0 Å². The minimum absolute atomic E-state index is 0.0233. The highest BCUT2D eigenvalue weighted by molar-refractivity contribution is 5.78. The molecule has 116 valence electrons. The molecule has 1 amide bonds. The van der Waals surface area contributed by atoms with Crippen LogP contribution in [0.5, 0.6) is 5.75 Å². The van der Waals surface area contributed by atoms with Gasteiger partial charge in [-0.1, -0.05) is 42.0 Å². The molecule has 3 heteroatoms. The molecule has 0 aliphatic heterocycles. The summed E-state index contributed by atoms with van der Waals surface area (Å²) in [5.41, 5.74) is 4.48. The van der Waals surface area contributed by atoms with Gasteiger partial charge < -0.3 is 10.1 Å². The monoisotopic (exact) mass is 297 g/mol. The summed E-state index contributed by atoms with van der Waals surface area (Å²) >= 11 is 0. The molecule has 0 saturated heterocycles. The van der Waals surface area contributed by atoms with Gasteiger partial charge in [-0.3, -0.25) is 4.79 Å². The molecule has 0 radical (unpaired) electrons. The Morgan fingerprint density at radius 3 is 2.59 bits per heavy atom. The summed E-state index contributed by atoms with van der Waals surface area (Å²) in [5, 5.41) is 2.89. The van der Waals surface area contributed by atoms with Gasteiger partial charge in [-0.2, -0.15) is 0 Å². The van der Waals surface area contributed by atoms with Crippen LogP contribution in [0.4, 0.5) is 0 Å². The Labute approximate surface area is 132 Å². The fourth-order valence-corrected chi connectivity index (χ4v) is 2.28. The quantitative estimate of drug-likeness (QED) is 0.830. The van der Waals surface area contributed by atoms with E-state index in [1.165, 1.54) is 11.1 Å². The summed E-state index contributed by atoms with van der Waals surface area (Å²) < 4.78 is 5.72. The highest BCUT2D eigenvalue weighted by Gasteiger charge is 2.04. The first-order valence-electron chi connectivity index (χ1n) is 7.57. The maximum atomic E-state index is 11.9. The first-order chi connectivity index (χ1) is 10.5. The van der Waals surface area contributed by atoms with E-state index < -0.39 is 0 Å². The zero-order valence-electron chi connectivity index (χ0n) is 13.5. The van der Waals surface area contributed by atoms with Gasteiger partial charge in [0, 0.05) is 0 Å². The van der Waals surface area contributed by atoms with E-state index in [0.29, 0.717) is 19.6 Å². The van der Waals surface area contributed by atoms with Crippen LogP contribution < -0.4 is 10.1 Å². The third-order valence-corrected chi connectivity index (χ3v) is 3.47. The van der Waals surface area contributed by atoms with E-state index in [4.69, 9.17) is 4.74 Å². The molecule has 0 aromatic heterocycles. The Morgan fingerprint density at radius 2 is 1.82 bits per heavy atom. The molecule has 0 aliphatic rings. The van der Waals surface area contributed by atoms with Crippen molar-refractivity contribution >= 4 is 5.91 Å². The number of benzene rings is 2. The first-order valence-corrected chi connectivity index (χ1v) is 7.57. The predicted octanol–water partition coefficient (Wildman–Crippen LogP) is 3.35. The van der Waals surface area contributed by atoms with Crippen molar-refractivity contribution < 1.29 is 9.53 Å². The van der Waals surface area contributed by atoms with E-state index in [0.717, 1.165) is 16.9 Å². The Hall–Kier alpha value is -2.29. The van der Waals surface area contributed by atoms with Crippen molar-refractivity contribution in [2.75, 3.05) is 13.2 Å². The molecular weight excluding hydrogens is 274 g/mol. The molecule has 0 atom stereocenters. The number of hydrogen-bond acceptors (Lipinski definition) is 2. The van der Waals surface area contributed by atoms with Gasteiger partial charge in [0.05, 0.1) is 13.0 Å². The Balaban J connectivity index is 1.74.